The molecular formula is C16H34N2O. The molecule has 0 aromatic heterocycles. The Morgan fingerprint density at radius 2 is 1.79 bits per heavy atom. The minimum absolute atomic E-state index is 0.256. The van der Waals surface area contributed by atoms with Crippen LogP contribution in [0.3, 0.4) is 0 Å². The predicted octanol–water partition coefficient (Wildman–Crippen LogP) is 3.04. The highest BCUT2D eigenvalue weighted by Crippen LogP contribution is 2.31. The van der Waals surface area contributed by atoms with Crippen molar-refractivity contribution in [2.45, 2.75) is 78.0 Å². The van der Waals surface area contributed by atoms with Crippen molar-refractivity contribution < 1.29 is 4.74 Å². The van der Waals surface area contributed by atoms with Gasteiger partial charge in [-0.2, -0.15) is 0 Å². The fourth-order valence-corrected chi connectivity index (χ4v) is 3.03. The van der Waals surface area contributed by atoms with Crippen LogP contribution in [0.1, 0.15) is 60.8 Å². The molecule has 0 spiro atoms. The van der Waals surface area contributed by atoms with E-state index in [4.69, 9.17) is 4.74 Å². The van der Waals surface area contributed by atoms with E-state index in [2.05, 4.69) is 51.8 Å². The van der Waals surface area contributed by atoms with Crippen LogP contribution in [0.5, 0.6) is 0 Å². The first-order valence-electron chi connectivity index (χ1n) is 8.03. The van der Waals surface area contributed by atoms with Crippen LogP contribution in [0.4, 0.5) is 0 Å². The van der Waals surface area contributed by atoms with E-state index in [0.29, 0.717) is 11.6 Å². The summed E-state index contributed by atoms with van der Waals surface area (Å²) >= 11 is 0. The molecule has 3 nitrogen and oxygen atoms in total. The molecule has 0 radical (unpaired) electrons. The van der Waals surface area contributed by atoms with Crippen LogP contribution < -0.4 is 5.32 Å². The Balaban J connectivity index is 2.71. The lowest BCUT2D eigenvalue weighted by Gasteiger charge is -2.53. The maximum Gasteiger partial charge on any atom is 0.0597 e. The molecule has 1 fully saturated rings. The second-order valence-electron chi connectivity index (χ2n) is 6.54. The van der Waals surface area contributed by atoms with Crippen LogP contribution in [-0.2, 0) is 4.74 Å². The summed E-state index contributed by atoms with van der Waals surface area (Å²) in [6.45, 7) is 17.6. The van der Waals surface area contributed by atoms with Crippen molar-refractivity contribution in [3.8, 4) is 0 Å². The van der Waals surface area contributed by atoms with Crippen molar-refractivity contribution in [2.24, 2.45) is 0 Å². The van der Waals surface area contributed by atoms with Gasteiger partial charge < -0.3 is 10.1 Å². The first-order chi connectivity index (χ1) is 8.91. The minimum Gasteiger partial charge on any atom is -0.377 e. The van der Waals surface area contributed by atoms with E-state index < -0.39 is 0 Å². The van der Waals surface area contributed by atoms with Crippen LogP contribution in [0, 0.1) is 0 Å². The molecule has 0 aliphatic carbocycles. The average molecular weight is 270 g/mol. The maximum absolute atomic E-state index is 5.77. The first kappa shape index (κ1) is 16.9. The predicted molar refractivity (Wildman–Crippen MR) is 82.7 cm³/mol. The molecule has 0 aromatic rings. The van der Waals surface area contributed by atoms with Gasteiger partial charge in [0.1, 0.15) is 0 Å². The van der Waals surface area contributed by atoms with Gasteiger partial charge in [0.25, 0.3) is 0 Å². The van der Waals surface area contributed by atoms with E-state index in [1.807, 2.05) is 0 Å². The number of piperazine rings is 1. The number of nitrogens with one attached hydrogen (secondary N) is 1. The summed E-state index contributed by atoms with van der Waals surface area (Å²) in [6, 6.07) is 0. The maximum atomic E-state index is 5.77. The van der Waals surface area contributed by atoms with Crippen LogP contribution in [0.15, 0.2) is 0 Å². The SMILES string of the molecule is CCC1(C)CN(CCOC(C)C)C(CC)(CC)CN1. The highest BCUT2D eigenvalue weighted by molar-refractivity contribution is 5.02. The summed E-state index contributed by atoms with van der Waals surface area (Å²) in [4.78, 5) is 2.68. The zero-order chi connectivity index (χ0) is 14.5. The minimum atomic E-state index is 0.256. The molecule has 0 amide bonds. The van der Waals surface area contributed by atoms with Crippen molar-refractivity contribution in [1.29, 1.82) is 0 Å². The van der Waals surface area contributed by atoms with Gasteiger partial charge in [-0.05, 0) is 40.0 Å². The molecule has 1 rings (SSSR count). The third-order valence-electron chi connectivity index (χ3n) is 4.96. The largest absolute Gasteiger partial charge is 0.377 e. The number of nitrogens with zero attached hydrogens (tertiary/aromatic N) is 1. The fraction of sp³-hybridized carbons (Fsp3) is 1.00. The van der Waals surface area contributed by atoms with E-state index >= 15 is 0 Å². The lowest BCUT2D eigenvalue weighted by Crippen LogP contribution is -2.69. The van der Waals surface area contributed by atoms with Gasteiger partial charge in [0.15, 0.2) is 0 Å². The van der Waals surface area contributed by atoms with E-state index in [1.165, 1.54) is 19.3 Å². The Bertz CT molecular complexity index is 263. The third-order valence-corrected chi connectivity index (χ3v) is 4.96. The van der Waals surface area contributed by atoms with Crippen molar-refractivity contribution in [1.82, 2.24) is 10.2 Å². The lowest BCUT2D eigenvalue weighted by molar-refractivity contribution is -0.0260. The van der Waals surface area contributed by atoms with Crippen LogP contribution in [-0.4, -0.2) is 48.3 Å². The molecule has 0 saturated carbocycles. The van der Waals surface area contributed by atoms with Gasteiger partial charge in [-0.1, -0.05) is 20.8 Å². The van der Waals surface area contributed by atoms with Crippen LogP contribution in [0.25, 0.3) is 0 Å². The van der Waals surface area contributed by atoms with Gasteiger partial charge in [-0.25, -0.2) is 0 Å². The quantitative estimate of drug-likeness (QED) is 0.769. The Morgan fingerprint density at radius 1 is 1.16 bits per heavy atom. The molecule has 114 valence electrons. The Morgan fingerprint density at radius 3 is 2.26 bits per heavy atom. The number of rotatable bonds is 7. The molecule has 1 atom stereocenters. The normalized spacial score (nSPS) is 27.9. The second-order valence-corrected chi connectivity index (χ2v) is 6.54. The number of hydrogen-bond acceptors (Lipinski definition) is 3. The summed E-state index contributed by atoms with van der Waals surface area (Å²) in [7, 11) is 0. The van der Waals surface area contributed by atoms with Gasteiger partial charge in [-0.3, -0.25) is 4.90 Å². The zero-order valence-corrected chi connectivity index (χ0v) is 13.9. The van der Waals surface area contributed by atoms with E-state index in [9.17, 15) is 0 Å². The monoisotopic (exact) mass is 270 g/mol. The molecule has 1 N–H and O–H groups in total. The highest BCUT2D eigenvalue weighted by atomic mass is 16.5. The molecular weight excluding hydrogens is 236 g/mol. The summed E-state index contributed by atoms with van der Waals surface area (Å²) in [5.41, 5.74) is 0.570. The van der Waals surface area contributed by atoms with Crippen molar-refractivity contribution in [3.05, 3.63) is 0 Å². The number of hydrogen-bond donors (Lipinski definition) is 1. The third kappa shape index (κ3) is 4.17. The zero-order valence-electron chi connectivity index (χ0n) is 13.9. The molecule has 1 aliphatic rings. The second kappa shape index (κ2) is 7.05. The molecule has 0 aromatic carbocycles. The van der Waals surface area contributed by atoms with Gasteiger partial charge in [0, 0.05) is 30.7 Å². The first-order valence-corrected chi connectivity index (χ1v) is 8.03. The highest BCUT2D eigenvalue weighted by Gasteiger charge is 2.42. The van der Waals surface area contributed by atoms with Gasteiger partial charge in [0.05, 0.1) is 12.7 Å². The standard InChI is InChI=1S/C16H34N2O/c1-7-15(6)13-18(10-11-19-14(4)5)16(8-2,9-3)12-17-15/h14,17H,7-13H2,1-6H3. The molecule has 0 bridgehead atoms. The topological polar surface area (TPSA) is 24.5 Å². The fourth-order valence-electron chi connectivity index (χ4n) is 3.03. The van der Waals surface area contributed by atoms with E-state index in [0.717, 1.165) is 26.2 Å². The summed E-state index contributed by atoms with van der Waals surface area (Å²) < 4.78 is 5.77. The molecule has 1 saturated heterocycles. The van der Waals surface area contributed by atoms with Gasteiger partial charge in [0.2, 0.25) is 0 Å². The Kier molecular flexibility index (Phi) is 6.28. The summed E-state index contributed by atoms with van der Waals surface area (Å²) in [5.74, 6) is 0. The molecule has 19 heavy (non-hydrogen) atoms. The van der Waals surface area contributed by atoms with Gasteiger partial charge in [-0.15, -0.1) is 0 Å². The molecule has 1 aliphatic heterocycles. The summed E-state index contributed by atoms with van der Waals surface area (Å²) in [6.07, 6.45) is 3.92. The molecule has 1 heterocycles. The van der Waals surface area contributed by atoms with Crippen molar-refractivity contribution in [2.75, 3.05) is 26.2 Å². The Hall–Kier alpha value is -0.120. The average Bonchev–Trinajstić information content (AvgIpc) is 2.39. The van der Waals surface area contributed by atoms with Gasteiger partial charge >= 0.3 is 0 Å². The number of ether oxygens (including phenoxy) is 1. The van der Waals surface area contributed by atoms with Crippen molar-refractivity contribution >= 4 is 0 Å². The molecule has 1 unspecified atom stereocenters. The van der Waals surface area contributed by atoms with Crippen LogP contribution >= 0.6 is 0 Å². The smallest absolute Gasteiger partial charge is 0.0597 e. The van der Waals surface area contributed by atoms with E-state index in [1.54, 1.807) is 0 Å². The van der Waals surface area contributed by atoms with E-state index in [-0.39, 0.29) is 5.54 Å². The Labute approximate surface area is 120 Å². The van der Waals surface area contributed by atoms with Crippen LogP contribution in [0.2, 0.25) is 0 Å². The molecule has 3 heteroatoms. The lowest BCUT2D eigenvalue weighted by atomic mass is 9.82. The summed E-state index contributed by atoms with van der Waals surface area (Å²) in [5, 5.41) is 3.78. The van der Waals surface area contributed by atoms with Crippen molar-refractivity contribution in [3.63, 3.8) is 0 Å².